The van der Waals surface area contributed by atoms with Crippen LogP contribution >= 0.6 is 11.8 Å². The third kappa shape index (κ3) is 5.28. The molecule has 3 N–H and O–H groups in total. The van der Waals surface area contributed by atoms with Gasteiger partial charge in [0.05, 0.1) is 26.9 Å². The first kappa shape index (κ1) is 21.6. The lowest BCUT2D eigenvalue weighted by molar-refractivity contribution is -0.387. The van der Waals surface area contributed by atoms with Crippen molar-refractivity contribution in [3.8, 4) is 0 Å². The van der Waals surface area contributed by atoms with Crippen LogP contribution in [0.4, 0.5) is 17.1 Å². The van der Waals surface area contributed by atoms with E-state index in [1.807, 2.05) is 24.3 Å². The van der Waals surface area contributed by atoms with Crippen LogP contribution in [0.1, 0.15) is 10.4 Å². The minimum Gasteiger partial charge on any atom is -0.367 e. The number of piperazine rings is 1. The van der Waals surface area contributed by atoms with Gasteiger partial charge in [-0.15, -0.1) is 11.8 Å². The number of likely N-dealkylation sites (N-methyl/N-ethyl adjacent to an activating group) is 1. The van der Waals surface area contributed by atoms with Crippen molar-refractivity contribution in [1.29, 1.82) is 0 Å². The van der Waals surface area contributed by atoms with Crippen molar-refractivity contribution in [3.05, 3.63) is 58.1 Å². The Morgan fingerprint density at radius 3 is 2.53 bits per heavy atom. The summed E-state index contributed by atoms with van der Waals surface area (Å²) in [6.45, 7) is 3.64. The molecule has 1 fully saturated rings. The molecule has 2 aromatic rings. The molecule has 10 heteroatoms. The number of nitrogens with zero attached hydrogens (tertiary/aromatic N) is 3. The van der Waals surface area contributed by atoms with Gasteiger partial charge >= 0.3 is 0 Å². The number of carbonyl (C=O) groups is 2. The number of para-hydroxylation sites is 2. The Balaban J connectivity index is 1.67. The van der Waals surface area contributed by atoms with Crippen molar-refractivity contribution < 1.29 is 14.5 Å². The van der Waals surface area contributed by atoms with Crippen molar-refractivity contribution in [3.63, 3.8) is 0 Å². The number of carbonyl (C=O) groups excluding carboxylic acids is 2. The van der Waals surface area contributed by atoms with Gasteiger partial charge in [-0.25, -0.2) is 0 Å². The van der Waals surface area contributed by atoms with E-state index in [0.29, 0.717) is 10.6 Å². The molecule has 0 radical (unpaired) electrons. The molecule has 0 saturated carbocycles. The lowest BCUT2D eigenvalue weighted by Gasteiger charge is -2.35. The van der Waals surface area contributed by atoms with Crippen LogP contribution in [0, 0.1) is 10.1 Å². The van der Waals surface area contributed by atoms with Crippen LogP contribution in [0.3, 0.4) is 0 Å². The van der Waals surface area contributed by atoms with Gasteiger partial charge in [0.2, 0.25) is 11.8 Å². The number of nitro groups is 1. The molecule has 0 spiro atoms. The molecule has 30 heavy (non-hydrogen) atoms. The second kappa shape index (κ2) is 9.59. The third-order valence-electron chi connectivity index (χ3n) is 4.82. The minimum atomic E-state index is -0.743. The highest BCUT2D eigenvalue weighted by atomic mass is 32.2. The molecule has 0 bridgehead atoms. The summed E-state index contributed by atoms with van der Waals surface area (Å²) < 4.78 is 0. The van der Waals surface area contributed by atoms with Gasteiger partial charge in [0.1, 0.15) is 0 Å². The first-order valence-electron chi connectivity index (χ1n) is 9.38. The molecular weight excluding hydrogens is 406 g/mol. The average Bonchev–Trinajstić information content (AvgIpc) is 2.73. The van der Waals surface area contributed by atoms with E-state index in [1.54, 1.807) is 0 Å². The molecule has 1 aliphatic rings. The lowest BCUT2D eigenvalue weighted by Crippen LogP contribution is -2.44. The number of hydrogen-bond donors (Lipinski definition) is 2. The first-order valence-corrected chi connectivity index (χ1v) is 10.4. The molecule has 2 aromatic carbocycles. The van der Waals surface area contributed by atoms with Crippen LogP contribution in [-0.4, -0.2) is 60.6 Å². The number of benzene rings is 2. The normalized spacial score (nSPS) is 14.4. The quantitative estimate of drug-likeness (QED) is 0.393. The van der Waals surface area contributed by atoms with Crippen LogP contribution in [0.15, 0.2) is 47.4 Å². The number of hydrogen-bond acceptors (Lipinski definition) is 7. The van der Waals surface area contributed by atoms with Gasteiger partial charge in [-0.3, -0.25) is 19.7 Å². The largest absolute Gasteiger partial charge is 0.367 e. The van der Waals surface area contributed by atoms with Crippen molar-refractivity contribution in [2.45, 2.75) is 4.90 Å². The first-order chi connectivity index (χ1) is 14.3. The van der Waals surface area contributed by atoms with Crippen LogP contribution in [0.25, 0.3) is 0 Å². The Morgan fingerprint density at radius 1 is 1.17 bits per heavy atom. The van der Waals surface area contributed by atoms with Gasteiger partial charge in [0.25, 0.3) is 5.69 Å². The molecule has 1 heterocycles. The summed E-state index contributed by atoms with van der Waals surface area (Å²) in [7, 11) is 2.08. The lowest BCUT2D eigenvalue weighted by atomic mass is 10.2. The minimum absolute atomic E-state index is 0.00612. The third-order valence-corrected chi connectivity index (χ3v) is 5.88. The summed E-state index contributed by atoms with van der Waals surface area (Å²) in [6, 6.07) is 11.6. The van der Waals surface area contributed by atoms with E-state index in [4.69, 9.17) is 5.73 Å². The fourth-order valence-electron chi connectivity index (χ4n) is 3.17. The standard InChI is InChI=1S/C20H23N5O4S/c1-23-8-10-24(11-9-23)16-5-3-2-4-15(16)22-19(26)13-30-18-7-6-14(20(21)27)12-17(18)25(28)29/h2-7,12H,8-11,13H2,1H3,(H2,21,27)(H,22,26). The summed E-state index contributed by atoms with van der Waals surface area (Å²) in [6.07, 6.45) is 0. The summed E-state index contributed by atoms with van der Waals surface area (Å²) >= 11 is 1.04. The van der Waals surface area contributed by atoms with Gasteiger partial charge < -0.3 is 20.9 Å². The molecule has 0 atom stereocenters. The zero-order chi connectivity index (χ0) is 21.7. The molecule has 158 valence electrons. The van der Waals surface area contributed by atoms with Gasteiger partial charge in [0, 0.05) is 37.8 Å². The van der Waals surface area contributed by atoms with Crippen LogP contribution < -0.4 is 16.0 Å². The topological polar surface area (TPSA) is 122 Å². The number of nitro benzene ring substituents is 1. The number of primary amides is 1. The molecule has 0 aromatic heterocycles. The van der Waals surface area contributed by atoms with E-state index >= 15 is 0 Å². The van der Waals surface area contributed by atoms with E-state index in [9.17, 15) is 19.7 Å². The maximum absolute atomic E-state index is 12.5. The second-order valence-corrected chi connectivity index (χ2v) is 7.97. The number of nitrogens with one attached hydrogen (secondary N) is 1. The van der Waals surface area contributed by atoms with Gasteiger partial charge in [-0.05, 0) is 31.3 Å². The molecule has 1 saturated heterocycles. The molecular formula is C20H23N5O4S. The van der Waals surface area contributed by atoms with Gasteiger partial charge in [-0.1, -0.05) is 12.1 Å². The highest BCUT2D eigenvalue weighted by Gasteiger charge is 2.20. The predicted molar refractivity (Wildman–Crippen MR) is 117 cm³/mol. The summed E-state index contributed by atoms with van der Waals surface area (Å²) in [5.74, 6) is -1.02. The van der Waals surface area contributed by atoms with Crippen molar-refractivity contribution in [1.82, 2.24) is 4.90 Å². The maximum atomic E-state index is 12.5. The van der Waals surface area contributed by atoms with E-state index in [-0.39, 0.29) is 22.9 Å². The molecule has 3 rings (SSSR count). The van der Waals surface area contributed by atoms with Gasteiger partial charge in [-0.2, -0.15) is 0 Å². The fourth-order valence-corrected chi connectivity index (χ4v) is 3.97. The van der Waals surface area contributed by atoms with Crippen LogP contribution in [0.2, 0.25) is 0 Å². The fraction of sp³-hybridized carbons (Fsp3) is 0.300. The molecule has 9 nitrogen and oxygen atoms in total. The number of thioether (sulfide) groups is 1. The van der Waals surface area contributed by atoms with Gasteiger partial charge in [0.15, 0.2) is 0 Å². The highest BCUT2D eigenvalue weighted by molar-refractivity contribution is 8.00. The number of rotatable bonds is 7. The van der Waals surface area contributed by atoms with E-state index in [0.717, 1.165) is 49.7 Å². The molecule has 0 unspecified atom stereocenters. The second-order valence-electron chi connectivity index (χ2n) is 6.95. The van der Waals surface area contributed by atoms with Crippen molar-refractivity contribution >= 4 is 40.6 Å². The van der Waals surface area contributed by atoms with E-state index < -0.39 is 10.8 Å². The molecule has 0 aliphatic carbocycles. The maximum Gasteiger partial charge on any atom is 0.283 e. The summed E-state index contributed by atoms with van der Waals surface area (Å²) in [5, 5.41) is 14.2. The number of nitrogens with two attached hydrogens (primary N) is 1. The molecule has 1 aliphatic heterocycles. The van der Waals surface area contributed by atoms with Crippen molar-refractivity contribution in [2.75, 3.05) is 49.2 Å². The Labute approximate surface area is 178 Å². The smallest absolute Gasteiger partial charge is 0.283 e. The number of amides is 2. The Bertz CT molecular complexity index is 960. The zero-order valence-corrected chi connectivity index (χ0v) is 17.4. The molecule has 2 amide bonds. The van der Waals surface area contributed by atoms with Crippen LogP contribution in [0.5, 0.6) is 0 Å². The Kier molecular flexibility index (Phi) is 6.91. The predicted octanol–water partition coefficient (Wildman–Crippen LogP) is 2.18. The monoisotopic (exact) mass is 429 g/mol. The Morgan fingerprint density at radius 2 is 1.87 bits per heavy atom. The summed E-state index contributed by atoms with van der Waals surface area (Å²) in [5.41, 5.74) is 6.66. The highest BCUT2D eigenvalue weighted by Crippen LogP contribution is 2.31. The average molecular weight is 430 g/mol. The zero-order valence-electron chi connectivity index (χ0n) is 16.5. The van der Waals surface area contributed by atoms with E-state index in [2.05, 4.69) is 22.2 Å². The van der Waals surface area contributed by atoms with E-state index in [1.165, 1.54) is 12.1 Å². The number of anilines is 2. The Hall–Kier alpha value is -3.11. The summed E-state index contributed by atoms with van der Waals surface area (Å²) in [4.78, 5) is 39.3. The van der Waals surface area contributed by atoms with Crippen molar-refractivity contribution in [2.24, 2.45) is 5.73 Å². The van der Waals surface area contributed by atoms with Crippen LogP contribution in [-0.2, 0) is 4.79 Å². The SMILES string of the molecule is CN1CCN(c2ccccc2NC(=O)CSc2ccc(C(N)=O)cc2[N+](=O)[O-])CC1.